The van der Waals surface area contributed by atoms with Gasteiger partial charge >= 0.3 is 0 Å². The van der Waals surface area contributed by atoms with E-state index in [1.54, 1.807) is 6.92 Å². The van der Waals surface area contributed by atoms with Crippen LogP contribution in [-0.2, 0) is 14.4 Å². The number of hydrogen-bond acceptors (Lipinski definition) is 3. The predicted molar refractivity (Wildman–Crippen MR) is 43.4 cm³/mol. The molecule has 0 spiro atoms. The van der Waals surface area contributed by atoms with Crippen LogP contribution in [0.15, 0.2) is 0 Å². The van der Waals surface area contributed by atoms with E-state index in [-0.39, 0.29) is 24.9 Å². The van der Waals surface area contributed by atoms with E-state index in [0.717, 1.165) is 4.90 Å². The topological polar surface area (TPSA) is 92.5 Å². The van der Waals surface area contributed by atoms with Crippen molar-refractivity contribution in [1.29, 1.82) is 0 Å². The number of piperazine rings is 1. The summed E-state index contributed by atoms with van der Waals surface area (Å²) in [4.78, 5) is 33.9. The lowest BCUT2D eigenvalue weighted by Gasteiger charge is -2.29. The van der Waals surface area contributed by atoms with Gasteiger partial charge in [0.1, 0.15) is 12.6 Å². The third-order valence-corrected chi connectivity index (χ3v) is 1.74. The lowest BCUT2D eigenvalue weighted by Crippen LogP contribution is -2.58. The number of nitrogens with two attached hydrogens (primary N) is 1. The summed E-state index contributed by atoms with van der Waals surface area (Å²) in [7, 11) is 0. The number of nitrogens with one attached hydrogen (secondary N) is 1. The molecule has 72 valence electrons. The number of rotatable bonds is 2. The number of amides is 3. The molecular weight excluding hydrogens is 174 g/mol. The first-order valence-electron chi connectivity index (χ1n) is 3.87. The molecular formula is C7H11N3O3. The molecule has 0 aromatic carbocycles. The fraction of sp³-hybridized carbons (Fsp3) is 0.571. The Bertz CT molecular complexity index is 262. The van der Waals surface area contributed by atoms with Crippen LogP contribution in [0, 0.1) is 0 Å². The Balaban J connectivity index is 2.66. The molecule has 0 aliphatic carbocycles. The molecule has 1 heterocycles. The van der Waals surface area contributed by atoms with Crippen molar-refractivity contribution in [2.75, 3.05) is 13.1 Å². The molecule has 1 atom stereocenters. The first-order chi connectivity index (χ1) is 6.00. The monoisotopic (exact) mass is 185 g/mol. The maximum absolute atomic E-state index is 11.3. The summed E-state index contributed by atoms with van der Waals surface area (Å²) in [5, 5.41) is 2.45. The highest BCUT2D eigenvalue weighted by Crippen LogP contribution is 2.00. The van der Waals surface area contributed by atoms with E-state index in [1.807, 2.05) is 0 Å². The van der Waals surface area contributed by atoms with Crippen LogP contribution in [0.4, 0.5) is 0 Å². The maximum Gasteiger partial charge on any atom is 0.245 e. The molecule has 0 bridgehead atoms. The van der Waals surface area contributed by atoms with Gasteiger partial charge in [-0.05, 0) is 6.92 Å². The van der Waals surface area contributed by atoms with Crippen LogP contribution in [0.1, 0.15) is 6.92 Å². The second kappa shape index (κ2) is 3.42. The molecule has 6 nitrogen and oxygen atoms in total. The van der Waals surface area contributed by atoms with Crippen LogP contribution >= 0.6 is 0 Å². The second-order valence-corrected chi connectivity index (χ2v) is 2.95. The Labute approximate surface area is 75.1 Å². The summed E-state index contributed by atoms with van der Waals surface area (Å²) in [5.41, 5.74) is 4.91. The zero-order valence-corrected chi connectivity index (χ0v) is 7.24. The summed E-state index contributed by atoms with van der Waals surface area (Å²) in [6, 6.07) is -0.569. The van der Waals surface area contributed by atoms with Crippen molar-refractivity contribution in [2.45, 2.75) is 13.0 Å². The van der Waals surface area contributed by atoms with Gasteiger partial charge in [0, 0.05) is 0 Å². The Morgan fingerprint density at radius 2 is 2.31 bits per heavy atom. The minimum absolute atomic E-state index is 0.0912. The first kappa shape index (κ1) is 9.50. The summed E-state index contributed by atoms with van der Waals surface area (Å²) in [6.07, 6.45) is 0. The van der Waals surface area contributed by atoms with Gasteiger partial charge in [0.2, 0.25) is 17.7 Å². The summed E-state index contributed by atoms with van der Waals surface area (Å²) in [6.45, 7) is 1.27. The van der Waals surface area contributed by atoms with E-state index >= 15 is 0 Å². The number of hydrogen-bond donors (Lipinski definition) is 2. The molecule has 0 radical (unpaired) electrons. The quantitative estimate of drug-likeness (QED) is 0.512. The van der Waals surface area contributed by atoms with Gasteiger partial charge < -0.3 is 16.0 Å². The number of primary amides is 1. The van der Waals surface area contributed by atoms with Crippen molar-refractivity contribution in [3.63, 3.8) is 0 Å². The molecule has 1 rings (SSSR count). The third-order valence-electron chi connectivity index (χ3n) is 1.74. The molecule has 0 aromatic heterocycles. The van der Waals surface area contributed by atoms with Gasteiger partial charge in [-0.1, -0.05) is 0 Å². The maximum atomic E-state index is 11.3. The fourth-order valence-electron chi connectivity index (χ4n) is 1.20. The molecule has 1 fully saturated rings. The molecule has 1 aliphatic heterocycles. The Kier molecular flexibility index (Phi) is 2.50. The Morgan fingerprint density at radius 1 is 1.69 bits per heavy atom. The predicted octanol–water partition coefficient (Wildman–Crippen LogP) is -2.18. The standard InChI is InChI=1S/C7H11N3O3/c1-4-7(13)10(2-5(8)11)3-6(12)9-4/h4H,2-3H2,1H3,(H2,8,11)(H,9,12). The van der Waals surface area contributed by atoms with E-state index < -0.39 is 11.9 Å². The highest BCUT2D eigenvalue weighted by Gasteiger charge is 2.29. The van der Waals surface area contributed by atoms with Crippen molar-refractivity contribution < 1.29 is 14.4 Å². The summed E-state index contributed by atoms with van der Waals surface area (Å²) < 4.78 is 0. The fourth-order valence-corrected chi connectivity index (χ4v) is 1.20. The van der Waals surface area contributed by atoms with Crippen molar-refractivity contribution in [3.05, 3.63) is 0 Å². The second-order valence-electron chi connectivity index (χ2n) is 2.95. The minimum atomic E-state index is -0.616. The third kappa shape index (κ3) is 2.17. The van der Waals surface area contributed by atoms with Crippen LogP contribution in [0.2, 0.25) is 0 Å². The molecule has 0 saturated carbocycles. The van der Waals surface area contributed by atoms with Gasteiger partial charge in [-0.15, -0.1) is 0 Å². The van der Waals surface area contributed by atoms with Crippen LogP contribution in [0.25, 0.3) is 0 Å². The number of carbonyl (C=O) groups is 3. The molecule has 1 unspecified atom stereocenters. The highest BCUT2D eigenvalue weighted by atomic mass is 16.2. The van der Waals surface area contributed by atoms with Crippen molar-refractivity contribution in [3.8, 4) is 0 Å². The van der Waals surface area contributed by atoms with Crippen LogP contribution in [0.5, 0.6) is 0 Å². The van der Waals surface area contributed by atoms with Gasteiger partial charge in [-0.25, -0.2) is 0 Å². The molecule has 3 amide bonds. The molecule has 0 aromatic rings. The normalized spacial score (nSPS) is 22.8. The minimum Gasteiger partial charge on any atom is -0.368 e. The van der Waals surface area contributed by atoms with E-state index in [4.69, 9.17) is 5.73 Å². The zero-order chi connectivity index (χ0) is 10.0. The largest absolute Gasteiger partial charge is 0.368 e. The number of nitrogens with zero attached hydrogens (tertiary/aromatic N) is 1. The van der Waals surface area contributed by atoms with Gasteiger partial charge in [-0.3, -0.25) is 14.4 Å². The van der Waals surface area contributed by atoms with Gasteiger partial charge in [-0.2, -0.15) is 0 Å². The van der Waals surface area contributed by atoms with E-state index in [2.05, 4.69) is 5.32 Å². The summed E-state index contributed by atoms with van der Waals surface area (Å²) in [5.74, 6) is -1.16. The lowest BCUT2D eigenvalue weighted by molar-refractivity contribution is -0.145. The molecule has 1 saturated heterocycles. The first-order valence-corrected chi connectivity index (χ1v) is 3.87. The van der Waals surface area contributed by atoms with E-state index in [0.29, 0.717) is 0 Å². The van der Waals surface area contributed by atoms with Crippen LogP contribution in [0.3, 0.4) is 0 Å². The van der Waals surface area contributed by atoms with Gasteiger partial charge in [0.25, 0.3) is 0 Å². The van der Waals surface area contributed by atoms with E-state index in [1.165, 1.54) is 0 Å². The number of carbonyl (C=O) groups excluding carboxylic acids is 3. The molecule has 6 heteroatoms. The summed E-state index contributed by atoms with van der Waals surface area (Å²) >= 11 is 0. The van der Waals surface area contributed by atoms with Crippen molar-refractivity contribution in [2.24, 2.45) is 5.73 Å². The highest BCUT2D eigenvalue weighted by molar-refractivity contribution is 5.96. The average Bonchev–Trinajstić information content (AvgIpc) is 1.98. The van der Waals surface area contributed by atoms with Crippen molar-refractivity contribution in [1.82, 2.24) is 10.2 Å². The smallest absolute Gasteiger partial charge is 0.245 e. The van der Waals surface area contributed by atoms with Crippen LogP contribution in [-0.4, -0.2) is 41.8 Å². The Hall–Kier alpha value is -1.59. The Morgan fingerprint density at radius 3 is 2.85 bits per heavy atom. The lowest BCUT2D eigenvalue weighted by atomic mass is 10.2. The van der Waals surface area contributed by atoms with E-state index in [9.17, 15) is 14.4 Å². The van der Waals surface area contributed by atoms with Gasteiger partial charge in [0.15, 0.2) is 0 Å². The van der Waals surface area contributed by atoms with Gasteiger partial charge in [0.05, 0.1) is 6.54 Å². The molecule has 13 heavy (non-hydrogen) atoms. The average molecular weight is 185 g/mol. The molecule has 3 N–H and O–H groups in total. The SMILES string of the molecule is CC1NC(=O)CN(CC(N)=O)C1=O. The molecule has 1 aliphatic rings. The van der Waals surface area contributed by atoms with Crippen LogP contribution < -0.4 is 11.1 Å². The van der Waals surface area contributed by atoms with Crippen molar-refractivity contribution >= 4 is 17.7 Å². The zero-order valence-electron chi connectivity index (χ0n) is 7.24.